The summed E-state index contributed by atoms with van der Waals surface area (Å²) in [6.07, 6.45) is 5.83. The molecule has 1 aromatic rings. The lowest BCUT2D eigenvalue weighted by Crippen LogP contribution is -2.17. The van der Waals surface area contributed by atoms with E-state index in [9.17, 15) is 4.79 Å². The van der Waals surface area contributed by atoms with Crippen LogP contribution in [0, 0.1) is 5.92 Å². The van der Waals surface area contributed by atoms with Gasteiger partial charge in [0.2, 0.25) is 0 Å². The lowest BCUT2D eigenvalue weighted by atomic mass is 10.1. The molecule has 1 atom stereocenters. The molecule has 2 aliphatic carbocycles. The molecule has 0 N–H and O–H groups in total. The number of hydrogen-bond donors (Lipinski definition) is 0. The van der Waals surface area contributed by atoms with Crippen LogP contribution in [0.25, 0.3) is 0 Å². The van der Waals surface area contributed by atoms with Crippen LogP contribution in [0.1, 0.15) is 49.9 Å². The van der Waals surface area contributed by atoms with Crippen LogP contribution < -0.4 is 0 Å². The maximum Gasteiger partial charge on any atom is 0.191 e. The van der Waals surface area contributed by atoms with Crippen LogP contribution in [0.15, 0.2) is 5.16 Å². The Hall–Kier alpha value is -0.880. The summed E-state index contributed by atoms with van der Waals surface area (Å²) in [6.45, 7) is 1.33. The highest BCUT2D eigenvalue weighted by Crippen LogP contribution is 2.46. The van der Waals surface area contributed by atoms with Crippen LogP contribution in [0.3, 0.4) is 0 Å². The molecule has 5 nitrogen and oxygen atoms in total. The van der Waals surface area contributed by atoms with E-state index < -0.39 is 0 Å². The average Bonchev–Trinajstić information content (AvgIpc) is 3.39. The van der Waals surface area contributed by atoms with Crippen molar-refractivity contribution in [1.82, 2.24) is 14.8 Å². The number of aromatic nitrogens is 3. The minimum absolute atomic E-state index is 0.0997. The van der Waals surface area contributed by atoms with E-state index in [1.807, 2.05) is 0 Å². The van der Waals surface area contributed by atoms with Crippen molar-refractivity contribution in [1.29, 1.82) is 0 Å². The van der Waals surface area contributed by atoms with Gasteiger partial charge in [-0.3, -0.25) is 4.79 Å². The van der Waals surface area contributed by atoms with Gasteiger partial charge in [-0.1, -0.05) is 11.8 Å². The fourth-order valence-electron chi connectivity index (χ4n) is 2.72. The van der Waals surface area contributed by atoms with Crippen molar-refractivity contribution in [2.45, 2.75) is 49.2 Å². The number of rotatable bonds is 6. The summed E-state index contributed by atoms with van der Waals surface area (Å²) >= 11 is 1.56. The Morgan fingerprint density at radius 2 is 2.10 bits per heavy atom. The zero-order valence-corrected chi connectivity index (χ0v) is 12.3. The number of ketones is 1. The van der Waals surface area contributed by atoms with E-state index in [0.717, 1.165) is 24.0 Å². The third kappa shape index (κ3) is 2.51. The van der Waals surface area contributed by atoms with Crippen molar-refractivity contribution in [2.24, 2.45) is 5.92 Å². The van der Waals surface area contributed by atoms with Crippen LogP contribution in [0.4, 0.5) is 0 Å². The second-order valence-corrected chi connectivity index (χ2v) is 6.97. The molecule has 0 aromatic carbocycles. The molecular formula is C14H19N3O2S. The summed E-state index contributed by atoms with van der Waals surface area (Å²) in [6, 6.07) is 0.591. The van der Waals surface area contributed by atoms with Gasteiger partial charge in [-0.25, -0.2) is 0 Å². The second kappa shape index (κ2) is 5.15. The first-order chi connectivity index (χ1) is 9.83. The van der Waals surface area contributed by atoms with E-state index in [4.69, 9.17) is 4.74 Å². The Balaban J connectivity index is 1.44. The maximum atomic E-state index is 12.1. The molecule has 2 heterocycles. The summed E-state index contributed by atoms with van der Waals surface area (Å²) in [5.41, 5.74) is 0. The molecule has 6 heteroatoms. The quantitative estimate of drug-likeness (QED) is 0.753. The van der Waals surface area contributed by atoms with E-state index in [0.29, 0.717) is 30.1 Å². The largest absolute Gasteiger partial charge is 0.381 e. The Bertz CT molecular complexity index is 516. The van der Waals surface area contributed by atoms with E-state index in [-0.39, 0.29) is 5.92 Å². The predicted molar refractivity (Wildman–Crippen MR) is 74.9 cm³/mol. The Labute approximate surface area is 122 Å². The van der Waals surface area contributed by atoms with Crippen molar-refractivity contribution < 1.29 is 9.53 Å². The summed E-state index contributed by atoms with van der Waals surface area (Å²) in [5, 5.41) is 9.65. The average molecular weight is 293 g/mol. The fraction of sp³-hybridized carbons (Fsp3) is 0.786. The van der Waals surface area contributed by atoms with E-state index >= 15 is 0 Å². The predicted octanol–water partition coefficient (Wildman–Crippen LogP) is 2.19. The molecule has 20 heavy (non-hydrogen) atoms. The van der Waals surface area contributed by atoms with Gasteiger partial charge < -0.3 is 9.30 Å². The van der Waals surface area contributed by atoms with Gasteiger partial charge in [-0.2, -0.15) is 0 Å². The second-order valence-electron chi connectivity index (χ2n) is 6.03. The third-order valence-electron chi connectivity index (χ3n) is 4.27. The number of Topliss-reactive ketones (excluding diaryl/α,β-unsaturated/α-hetero) is 1. The Morgan fingerprint density at radius 3 is 2.75 bits per heavy atom. The third-order valence-corrected chi connectivity index (χ3v) is 5.24. The number of ether oxygens (including phenoxy) is 1. The first-order valence-corrected chi connectivity index (χ1v) is 8.49. The SMILES string of the molecule is O=C(CSc1nnc(C2CC2)n1C1CC1)C1CCOC1. The molecule has 1 saturated heterocycles. The summed E-state index contributed by atoms with van der Waals surface area (Å²) in [7, 11) is 0. The summed E-state index contributed by atoms with van der Waals surface area (Å²) in [5.74, 6) is 2.68. The minimum atomic E-state index is 0.0997. The number of thioether (sulfide) groups is 1. The van der Waals surface area contributed by atoms with E-state index in [1.165, 1.54) is 25.7 Å². The van der Waals surface area contributed by atoms with Crippen LogP contribution >= 0.6 is 11.8 Å². The topological polar surface area (TPSA) is 57.0 Å². The lowest BCUT2D eigenvalue weighted by molar-refractivity contribution is -0.120. The van der Waals surface area contributed by atoms with Crippen molar-refractivity contribution in [3.8, 4) is 0 Å². The smallest absolute Gasteiger partial charge is 0.191 e. The van der Waals surface area contributed by atoms with E-state index in [2.05, 4.69) is 14.8 Å². The minimum Gasteiger partial charge on any atom is -0.381 e. The molecule has 1 aromatic heterocycles. The zero-order valence-electron chi connectivity index (χ0n) is 11.5. The van der Waals surface area contributed by atoms with Crippen molar-refractivity contribution >= 4 is 17.5 Å². The molecule has 0 spiro atoms. The van der Waals surface area contributed by atoms with Gasteiger partial charge in [-0.15, -0.1) is 10.2 Å². The van der Waals surface area contributed by atoms with Crippen molar-refractivity contribution in [3.05, 3.63) is 5.82 Å². The van der Waals surface area contributed by atoms with Crippen molar-refractivity contribution in [3.63, 3.8) is 0 Å². The summed E-state index contributed by atoms with van der Waals surface area (Å²) < 4.78 is 7.59. The van der Waals surface area contributed by atoms with Crippen LogP contribution in [-0.4, -0.2) is 39.5 Å². The molecular weight excluding hydrogens is 274 g/mol. The molecule has 0 radical (unpaired) electrons. The molecule has 1 aliphatic heterocycles. The molecule has 3 fully saturated rings. The summed E-state index contributed by atoms with van der Waals surface area (Å²) in [4.78, 5) is 12.1. The standard InChI is InChI=1S/C14H19N3O2S/c18-12(10-5-6-19-7-10)8-20-14-16-15-13(9-1-2-9)17(14)11-3-4-11/h9-11H,1-8H2. The van der Waals surface area contributed by atoms with Gasteiger partial charge in [-0.05, 0) is 32.1 Å². The highest BCUT2D eigenvalue weighted by molar-refractivity contribution is 7.99. The van der Waals surface area contributed by atoms with Gasteiger partial charge in [0.15, 0.2) is 5.16 Å². The van der Waals surface area contributed by atoms with Gasteiger partial charge in [0, 0.05) is 24.5 Å². The van der Waals surface area contributed by atoms with Gasteiger partial charge in [0.05, 0.1) is 12.4 Å². The Kier molecular flexibility index (Phi) is 3.30. The van der Waals surface area contributed by atoms with Crippen LogP contribution in [-0.2, 0) is 9.53 Å². The molecule has 1 unspecified atom stereocenters. The van der Waals surface area contributed by atoms with Crippen LogP contribution in [0.2, 0.25) is 0 Å². The van der Waals surface area contributed by atoms with Crippen molar-refractivity contribution in [2.75, 3.05) is 19.0 Å². The lowest BCUT2D eigenvalue weighted by Gasteiger charge is -2.09. The molecule has 2 saturated carbocycles. The first kappa shape index (κ1) is 12.8. The molecule has 3 aliphatic rings. The monoisotopic (exact) mass is 293 g/mol. The molecule has 0 amide bonds. The van der Waals surface area contributed by atoms with Crippen LogP contribution in [0.5, 0.6) is 0 Å². The number of nitrogens with zero attached hydrogens (tertiary/aromatic N) is 3. The van der Waals surface area contributed by atoms with Gasteiger partial charge in [0.1, 0.15) is 11.6 Å². The molecule has 4 rings (SSSR count). The maximum absolute atomic E-state index is 12.1. The molecule has 108 valence electrons. The zero-order chi connectivity index (χ0) is 13.5. The highest BCUT2D eigenvalue weighted by Gasteiger charge is 2.36. The number of hydrogen-bond acceptors (Lipinski definition) is 5. The number of carbonyl (C=O) groups excluding carboxylic acids is 1. The van der Waals surface area contributed by atoms with Gasteiger partial charge >= 0.3 is 0 Å². The normalized spacial score (nSPS) is 26.1. The number of carbonyl (C=O) groups is 1. The highest BCUT2D eigenvalue weighted by atomic mass is 32.2. The molecule has 0 bridgehead atoms. The first-order valence-electron chi connectivity index (χ1n) is 7.51. The van der Waals surface area contributed by atoms with Gasteiger partial charge in [0.25, 0.3) is 0 Å². The Morgan fingerprint density at radius 1 is 1.25 bits per heavy atom. The van der Waals surface area contributed by atoms with E-state index in [1.54, 1.807) is 11.8 Å². The fourth-order valence-corrected chi connectivity index (χ4v) is 3.71.